The maximum absolute atomic E-state index is 10.1. The molecule has 3 fully saturated rings. The number of hydrogen-bond donors (Lipinski definition) is 1. The van der Waals surface area contributed by atoms with Crippen LogP contribution in [0.15, 0.2) is 49.2 Å². The Morgan fingerprint density at radius 3 is 2.65 bits per heavy atom. The number of aromatic hydroxyl groups is 1. The molecule has 3 aliphatic rings. The van der Waals surface area contributed by atoms with E-state index in [9.17, 15) is 10.4 Å². The van der Waals surface area contributed by atoms with Crippen LogP contribution in [-0.2, 0) is 6.54 Å². The van der Waals surface area contributed by atoms with Crippen LogP contribution >= 0.6 is 0 Å². The maximum Gasteiger partial charge on any atom is 0.212 e. The molecule has 170 valence electrons. The van der Waals surface area contributed by atoms with Crippen molar-refractivity contribution in [2.45, 2.75) is 25.0 Å². The molecule has 3 saturated heterocycles. The summed E-state index contributed by atoms with van der Waals surface area (Å²) in [6.45, 7) is 2.67. The van der Waals surface area contributed by atoms with Crippen molar-refractivity contribution in [2.24, 2.45) is 0 Å². The number of pyridine rings is 2. The van der Waals surface area contributed by atoms with Gasteiger partial charge in [-0.15, -0.1) is 0 Å². The second-order valence-electron chi connectivity index (χ2n) is 8.66. The van der Waals surface area contributed by atoms with Gasteiger partial charge in [0.05, 0.1) is 48.7 Å². The second-order valence-corrected chi connectivity index (χ2v) is 8.66. The van der Waals surface area contributed by atoms with Crippen LogP contribution in [0.4, 0.5) is 5.82 Å². The van der Waals surface area contributed by atoms with Gasteiger partial charge >= 0.3 is 0 Å². The number of rotatable bonds is 5. The number of hydrogen-bond acceptors (Lipinski definition) is 9. The van der Waals surface area contributed by atoms with Crippen molar-refractivity contribution in [1.29, 1.82) is 5.26 Å². The fourth-order valence-electron chi connectivity index (χ4n) is 4.98. The Morgan fingerprint density at radius 1 is 1.12 bits per heavy atom. The van der Waals surface area contributed by atoms with Crippen molar-refractivity contribution in [3.8, 4) is 29.0 Å². The molecule has 10 heteroatoms. The third kappa shape index (κ3) is 3.38. The van der Waals surface area contributed by atoms with Gasteiger partial charge in [0.2, 0.25) is 5.88 Å². The SMILES string of the molecule is COc1ccc(CN2C3CC2CN(c2cnc(-c4cc(O)cn5ncc(C#N)c45)cn2)C3)cn1. The highest BCUT2D eigenvalue weighted by Gasteiger charge is 2.44. The van der Waals surface area contributed by atoms with E-state index in [1.54, 1.807) is 25.6 Å². The molecule has 0 aromatic carbocycles. The minimum atomic E-state index is 0.0456. The molecule has 7 heterocycles. The first-order valence-corrected chi connectivity index (χ1v) is 11.1. The number of nitriles is 1. The van der Waals surface area contributed by atoms with Gasteiger partial charge in [0.25, 0.3) is 0 Å². The maximum atomic E-state index is 10.1. The molecular formula is C24H22N8O2. The van der Waals surface area contributed by atoms with Gasteiger partial charge in [-0.3, -0.25) is 9.88 Å². The third-order valence-corrected chi connectivity index (χ3v) is 6.67. The summed E-state index contributed by atoms with van der Waals surface area (Å²) in [6, 6.07) is 8.64. The van der Waals surface area contributed by atoms with Crippen LogP contribution in [0.5, 0.6) is 11.6 Å². The lowest BCUT2D eigenvalue weighted by molar-refractivity contribution is -0.00879. The first-order valence-electron chi connectivity index (χ1n) is 11.1. The summed E-state index contributed by atoms with van der Waals surface area (Å²) >= 11 is 0. The minimum absolute atomic E-state index is 0.0456. The van der Waals surface area contributed by atoms with Crippen LogP contribution in [0.25, 0.3) is 16.8 Å². The Labute approximate surface area is 195 Å². The van der Waals surface area contributed by atoms with Crippen LogP contribution in [-0.4, -0.2) is 66.9 Å². The molecular weight excluding hydrogens is 432 g/mol. The highest BCUT2D eigenvalue weighted by atomic mass is 16.5. The molecule has 34 heavy (non-hydrogen) atoms. The first kappa shape index (κ1) is 20.4. The minimum Gasteiger partial charge on any atom is -0.506 e. The predicted octanol–water partition coefficient (Wildman–Crippen LogP) is 2.24. The van der Waals surface area contributed by atoms with Gasteiger partial charge in [-0.05, 0) is 18.1 Å². The lowest BCUT2D eigenvalue weighted by Gasteiger charge is -2.56. The largest absolute Gasteiger partial charge is 0.506 e. The Hall–Kier alpha value is -4.23. The van der Waals surface area contributed by atoms with E-state index in [4.69, 9.17) is 4.74 Å². The Morgan fingerprint density at radius 2 is 1.97 bits per heavy atom. The van der Waals surface area contributed by atoms with Crippen LogP contribution in [0.1, 0.15) is 17.5 Å². The Kier molecular flexibility index (Phi) is 4.78. The highest BCUT2D eigenvalue weighted by molar-refractivity contribution is 5.83. The highest BCUT2D eigenvalue weighted by Crippen LogP contribution is 2.36. The van der Waals surface area contributed by atoms with Crippen molar-refractivity contribution in [3.63, 3.8) is 0 Å². The lowest BCUT2D eigenvalue weighted by atomic mass is 9.87. The number of ether oxygens (including phenoxy) is 1. The van der Waals surface area contributed by atoms with Gasteiger partial charge in [0.15, 0.2) is 0 Å². The number of anilines is 1. The number of nitrogens with zero attached hydrogens (tertiary/aromatic N) is 8. The Balaban J connectivity index is 1.18. The molecule has 2 unspecified atom stereocenters. The Bertz CT molecular complexity index is 1380. The first-order chi connectivity index (χ1) is 16.6. The molecule has 3 aliphatic heterocycles. The van der Waals surface area contributed by atoms with Gasteiger partial charge in [0.1, 0.15) is 17.6 Å². The molecule has 0 spiro atoms. The van der Waals surface area contributed by atoms with Crippen molar-refractivity contribution in [3.05, 3.63) is 60.3 Å². The number of piperidine rings is 1. The van der Waals surface area contributed by atoms with E-state index in [2.05, 4.69) is 42.0 Å². The summed E-state index contributed by atoms with van der Waals surface area (Å²) in [7, 11) is 1.62. The van der Waals surface area contributed by atoms with E-state index in [1.807, 2.05) is 12.3 Å². The average molecular weight is 454 g/mol. The summed E-state index contributed by atoms with van der Waals surface area (Å²) in [4.78, 5) is 18.4. The molecule has 0 aliphatic carbocycles. The molecule has 10 nitrogen and oxygen atoms in total. The summed E-state index contributed by atoms with van der Waals surface area (Å²) < 4.78 is 6.64. The molecule has 1 N–H and O–H groups in total. The zero-order valence-corrected chi connectivity index (χ0v) is 18.5. The van der Waals surface area contributed by atoms with Crippen LogP contribution in [0.2, 0.25) is 0 Å². The van der Waals surface area contributed by atoms with E-state index in [1.165, 1.54) is 28.9 Å². The standard InChI is InChI=1S/C24H22N8O2/c1-34-23-3-2-15(7-28-23)11-31-17-4-18(31)13-30(12-17)22-10-26-21(9-27-22)20-5-19(33)14-32-24(20)16(6-25)8-29-32/h2-3,5,7-10,14,17-18,33H,4,11-13H2,1H3. The van der Waals surface area contributed by atoms with Crippen molar-refractivity contribution in [1.82, 2.24) is 29.5 Å². The summed E-state index contributed by atoms with van der Waals surface area (Å²) in [5, 5.41) is 23.7. The van der Waals surface area contributed by atoms with Crippen molar-refractivity contribution >= 4 is 11.3 Å². The predicted molar refractivity (Wildman–Crippen MR) is 123 cm³/mol. The number of piperazine rings is 1. The fourth-order valence-corrected chi connectivity index (χ4v) is 4.98. The van der Waals surface area contributed by atoms with E-state index in [0.717, 1.165) is 25.5 Å². The van der Waals surface area contributed by atoms with Crippen molar-refractivity contribution in [2.75, 3.05) is 25.1 Å². The van der Waals surface area contributed by atoms with Gasteiger partial charge < -0.3 is 14.7 Å². The third-order valence-electron chi connectivity index (χ3n) is 6.67. The summed E-state index contributed by atoms with van der Waals surface area (Å²) in [5.41, 5.74) is 3.41. The normalized spacial score (nSPS) is 19.6. The zero-order chi connectivity index (χ0) is 23.2. The summed E-state index contributed by atoms with van der Waals surface area (Å²) in [5.74, 6) is 1.50. The molecule has 0 radical (unpaired) electrons. The molecule has 2 bridgehead atoms. The summed E-state index contributed by atoms with van der Waals surface area (Å²) in [6.07, 6.45) is 9.47. The van der Waals surface area contributed by atoms with Crippen molar-refractivity contribution < 1.29 is 9.84 Å². The van der Waals surface area contributed by atoms with Gasteiger partial charge in [-0.1, -0.05) is 6.07 Å². The quantitative estimate of drug-likeness (QED) is 0.485. The number of fused-ring (bicyclic) bond motifs is 3. The van der Waals surface area contributed by atoms with E-state index in [-0.39, 0.29) is 5.75 Å². The average Bonchev–Trinajstić information content (AvgIpc) is 3.30. The smallest absolute Gasteiger partial charge is 0.212 e. The molecule has 4 aromatic rings. The zero-order valence-electron chi connectivity index (χ0n) is 18.5. The number of methoxy groups -OCH3 is 1. The van der Waals surface area contributed by atoms with E-state index < -0.39 is 0 Å². The second kappa shape index (κ2) is 7.97. The fraction of sp³-hybridized carbons (Fsp3) is 0.292. The van der Waals surface area contributed by atoms with Gasteiger partial charge in [0, 0.05) is 49.5 Å². The topological polar surface area (TPSA) is 116 Å². The van der Waals surface area contributed by atoms with E-state index in [0.29, 0.717) is 40.3 Å². The van der Waals surface area contributed by atoms with Crippen LogP contribution < -0.4 is 9.64 Å². The molecule has 2 atom stereocenters. The van der Waals surface area contributed by atoms with Crippen LogP contribution in [0.3, 0.4) is 0 Å². The van der Waals surface area contributed by atoms with Crippen LogP contribution in [0, 0.1) is 11.3 Å². The van der Waals surface area contributed by atoms with E-state index >= 15 is 0 Å². The number of aromatic nitrogens is 5. The lowest BCUT2D eigenvalue weighted by Crippen LogP contribution is -2.68. The molecule has 0 amide bonds. The molecule has 4 aromatic heterocycles. The molecule has 0 saturated carbocycles. The molecule has 7 rings (SSSR count). The van der Waals surface area contributed by atoms with Gasteiger partial charge in [-0.25, -0.2) is 14.5 Å². The van der Waals surface area contributed by atoms with Gasteiger partial charge in [-0.2, -0.15) is 10.4 Å². The monoisotopic (exact) mass is 454 g/mol.